The standard InChI is InChI=1S/C12H15FN2O2S/c13-10-1-3-11(4-2-10)18(16,17)15-6-5-9-7-14-8-12(9)15/h1-4,9,12,14H,5-8H2/t9-,12+/m1/s1. The number of nitrogens with zero attached hydrogens (tertiary/aromatic N) is 1. The molecule has 1 aromatic carbocycles. The van der Waals surface area contributed by atoms with Crippen molar-refractivity contribution in [3.63, 3.8) is 0 Å². The van der Waals surface area contributed by atoms with Gasteiger partial charge in [0, 0.05) is 19.1 Å². The minimum atomic E-state index is -3.48. The number of hydrogen-bond acceptors (Lipinski definition) is 3. The Morgan fingerprint density at radius 2 is 1.94 bits per heavy atom. The van der Waals surface area contributed by atoms with E-state index in [1.165, 1.54) is 24.3 Å². The molecular weight excluding hydrogens is 255 g/mol. The van der Waals surface area contributed by atoms with Crippen molar-refractivity contribution in [2.45, 2.75) is 17.4 Å². The highest BCUT2D eigenvalue weighted by Gasteiger charge is 2.43. The third kappa shape index (κ3) is 1.84. The van der Waals surface area contributed by atoms with Gasteiger partial charge in [-0.1, -0.05) is 0 Å². The highest BCUT2D eigenvalue weighted by atomic mass is 32.2. The zero-order chi connectivity index (χ0) is 12.8. The van der Waals surface area contributed by atoms with E-state index in [9.17, 15) is 12.8 Å². The van der Waals surface area contributed by atoms with Gasteiger partial charge in [0.2, 0.25) is 10.0 Å². The van der Waals surface area contributed by atoms with Crippen molar-refractivity contribution in [1.29, 1.82) is 0 Å². The quantitative estimate of drug-likeness (QED) is 0.865. The first-order chi connectivity index (χ1) is 8.59. The summed E-state index contributed by atoms with van der Waals surface area (Å²) in [6, 6.07) is 5.10. The summed E-state index contributed by atoms with van der Waals surface area (Å²) >= 11 is 0. The van der Waals surface area contributed by atoms with Crippen LogP contribution in [0.25, 0.3) is 0 Å². The first kappa shape index (κ1) is 12.1. The summed E-state index contributed by atoms with van der Waals surface area (Å²) < 4.78 is 39.3. The van der Waals surface area contributed by atoms with Crippen LogP contribution in [0.15, 0.2) is 29.2 Å². The summed E-state index contributed by atoms with van der Waals surface area (Å²) in [5.74, 6) is -0.00370. The average Bonchev–Trinajstić information content (AvgIpc) is 2.90. The van der Waals surface area contributed by atoms with E-state index in [0.29, 0.717) is 19.0 Å². The molecule has 2 atom stereocenters. The smallest absolute Gasteiger partial charge is 0.243 e. The first-order valence-electron chi connectivity index (χ1n) is 6.07. The Morgan fingerprint density at radius 1 is 1.22 bits per heavy atom. The molecule has 6 heteroatoms. The van der Waals surface area contributed by atoms with E-state index in [-0.39, 0.29) is 10.9 Å². The van der Waals surface area contributed by atoms with Gasteiger partial charge < -0.3 is 5.32 Å². The zero-order valence-electron chi connectivity index (χ0n) is 9.84. The summed E-state index contributed by atoms with van der Waals surface area (Å²) in [6.07, 6.45) is 0.901. The molecule has 3 rings (SSSR count). The van der Waals surface area contributed by atoms with Crippen LogP contribution in [0.3, 0.4) is 0 Å². The maximum Gasteiger partial charge on any atom is 0.243 e. The van der Waals surface area contributed by atoms with Gasteiger partial charge in [0.15, 0.2) is 0 Å². The van der Waals surface area contributed by atoms with E-state index in [2.05, 4.69) is 5.32 Å². The predicted molar refractivity (Wildman–Crippen MR) is 65.1 cm³/mol. The molecule has 1 aromatic rings. The summed E-state index contributed by atoms with van der Waals surface area (Å²) in [5, 5.41) is 3.22. The van der Waals surface area contributed by atoms with Crippen LogP contribution in [-0.4, -0.2) is 38.4 Å². The molecule has 2 aliphatic rings. The van der Waals surface area contributed by atoms with Gasteiger partial charge in [-0.3, -0.25) is 0 Å². The van der Waals surface area contributed by atoms with Gasteiger partial charge in [-0.05, 0) is 43.1 Å². The molecule has 2 aliphatic heterocycles. The molecule has 0 saturated carbocycles. The van der Waals surface area contributed by atoms with Crippen LogP contribution in [0.5, 0.6) is 0 Å². The Balaban J connectivity index is 1.93. The maximum atomic E-state index is 12.8. The molecule has 0 unspecified atom stereocenters. The van der Waals surface area contributed by atoms with Crippen molar-refractivity contribution in [1.82, 2.24) is 9.62 Å². The van der Waals surface area contributed by atoms with Crippen LogP contribution < -0.4 is 5.32 Å². The van der Waals surface area contributed by atoms with Gasteiger partial charge in [-0.15, -0.1) is 0 Å². The highest BCUT2D eigenvalue weighted by molar-refractivity contribution is 7.89. The van der Waals surface area contributed by atoms with Crippen LogP contribution in [0.2, 0.25) is 0 Å². The summed E-state index contributed by atoms with van der Waals surface area (Å²) in [5.41, 5.74) is 0. The lowest BCUT2D eigenvalue weighted by atomic mass is 10.1. The minimum absolute atomic E-state index is 0.0556. The Kier molecular flexibility index (Phi) is 2.88. The molecule has 98 valence electrons. The lowest BCUT2D eigenvalue weighted by molar-refractivity contribution is 0.383. The molecule has 1 N–H and O–H groups in total. The van der Waals surface area contributed by atoms with E-state index in [1.54, 1.807) is 4.31 Å². The normalized spacial score (nSPS) is 28.5. The topological polar surface area (TPSA) is 49.4 Å². The van der Waals surface area contributed by atoms with Crippen molar-refractivity contribution in [3.05, 3.63) is 30.1 Å². The monoisotopic (exact) mass is 270 g/mol. The summed E-state index contributed by atoms with van der Waals surface area (Å²) in [6.45, 7) is 2.17. The molecule has 0 bridgehead atoms. The number of rotatable bonds is 2. The van der Waals surface area contributed by atoms with Gasteiger partial charge in [-0.25, -0.2) is 12.8 Å². The van der Waals surface area contributed by atoms with Gasteiger partial charge in [0.25, 0.3) is 0 Å². The van der Waals surface area contributed by atoms with E-state index in [0.717, 1.165) is 13.0 Å². The van der Waals surface area contributed by atoms with Crippen molar-refractivity contribution >= 4 is 10.0 Å². The van der Waals surface area contributed by atoms with Crippen LogP contribution in [0, 0.1) is 11.7 Å². The molecule has 0 amide bonds. The lowest BCUT2D eigenvalue weighted by Crippen LogP contribution is -2.38. The highest BCUT2D eigenvalue weighted by Crippen LogP contribution is 2.32. The number of halogens is 1. The molecule has 18 heavy (non-hydrogen) atoms. The van der Waals surface area contributed by atoms with E-state index >= 15 is 0 Å². The molecule has 2 saturated heterocycles. The molecule has 0 aliphatic carbocycles. The van der Waals surface area contributed by atoms with Gasteiger partial charge in [-0.2, -0.15) is 4.31 Å². The zero-order valence-corrected chi connectivity index (χ0v) is 10.7. The number of hydrogen-bond donors (Lipinski definition) is 1. The predicted octanol–water partition coefficient (Wildman–Crippen LogP) is 0.808. The van der Waals surface area contributed by atoms with Gasteiger partial charge >= 0.3 is 0 Å². The third-order valence-corrected chi connectivity index (χ3v) is 5.75. The number of benzene rings is 1. The van der Waals surface area contributed by atoms with Crippen molar-refractivity contribution in [2.75, 3.05) is 19.6 Å². The molecule has 0 aromatic heterocycles. The molecular formula is C12H15FN2O2S. The second-order valence-electron chi connectivity index (χ2n) is 4.84. The third-order valence-electron chi connectivity index (χ3n) is 3.81. The number of fused-ring (bicyclic) bond motifs is 1. The molecule has 4 nitrogen and oxygen atoms in total. The fraction of sp³-hybridized carbons (Fsp3) is 0.500. The minimum Gasteiger partial charge on any atom is -0.315 e. The fourth-order valence-corrected chi connectivity index (χ4v) is 4.55. The van der Waals surface area contributed by atoms with Crippen molar-refractivity contribution < 1.29 is 12.8 Å². The van der Waals surface area contributed by atoms with E-state index in [4.69, 9.17) is 0 Å². The molecule has 0 spiro atoms. The SMILES string of the molecule is O=S(=O)(c1ccc(F)cc1)N1CC[C@@H]2CNC[C@@H]21. The number of nitrogens with one attached hydrogen (secondary N) is 1. The first-order valence-corrected chi connectivity index (χ1v) is 7.51. The molecule has 2 heterocycles. The van der Waals surface area contributed by atoms with Crippen LogP contribution >= 0.6 is 0 Å². The second-order valence-corrected chi connectivity index (χ2v) is 6.73. The average molecular weight is 270 g/mol. The van der Waals surface area contributed by atoms with Gasteiger partial charge in [0.1, 0.15) is 5.82 Å². The Labute approximate surface area is 106 Å². The van der Waals surface area contributed by atoms with Gasteiger partial charge in [0.05, 0.1) is 4.90 Å². The van der Waals surface area contributed by atoms with Crippen molar-refractivity contribution in [2.24, 2.45) is 5.92 Å². The Bertz CT molecular complexity index is 544. The Morgan fingerprint density at radius 3 is 2.67 bits per heavy atom. The fourth-order valence-electron chi connectivity index (χ4n) is 2.85. The van der Waals surface area contributed by atoms with Crippen LogP contribution in [0.1, 0.15) is 6.42 Å². The second kappa shape index (κ2) is 4.29. The molecule has 0 radical (unpaired) electrons. The van der Waals surface area contributed by atoms with E-state index < -0.39 is 15.8 Å². The van der Waals surface area contributed by atoms with E-state index in [1.807, 2.05) is 0 Å². The number of sulfonamides is 1. The Hall–Kier alpha value is -0.980. The maximum absolute atomic E-state index is 12.8. The lowest BCUT2D eigenvalue weighted by Gasteiger charge is -2.22. The summed E-state index contributed by atoms with van der Waals surface area (Å²) in [4.78, 5) is 0.177. The van der Waals surface area contributed by atoms with Crippen LogP contribution in [0.4, 0.5) is 4.39 Å². The molecule has 2 fully saturated rings. The summed E-state index contributed by atoms with van der Waals surface area (Å²) in [7, 11) is -3.48. The van der Waals surface area contributed by atoms with Crippen molar-refractivity contribution in [3.8, 4) is 0 Å². The van der Waals surface area contributed by atoms with Crippen LogP contribution in [-0.2, 0) is 10.0 Å². The largest absolute Gasteiger partial charge is 0.315 e.